The molecule has 1 saturated carbocycles. The minimum atomic E-state index is -3.72. The van der Waals surface area contributed by atoms with Gasteiger partial charge in [0.15, 0.2) is 14.6 Å². The predicted octanol–water partition coefficient (Wildman–Crippen LogP) is 2.15. The average molecular weight is 375 g/mol. The number of rotatable bonds is 6. The first-order valence-electron chi connectivity index (χ1n) is 8.10. The Labute approximate surface area is 150 Å². The largest absolute Gasteiger partial charge is 0.353 e. The molecule has 0 atom stereocenters. The summed E-state index contributed by atoms with van der Waals surface area (Å²) in [6, 6.07) is 5.39. The Morgan fingerprint density at radius 3 is 2.38 bits per heavy atom. The number of benzene rings is 1. The van der Waals surface area contributed by atoms with E-state index < -0.39 is 14.6 Å². The number of nitrogens with one attached hydrogen (secondary N) is 2. The van der Waals surface area contributed by atoms with Crippen molar-refractivity contribution in [2.75, 3.05) is 20.1 Å². The van der Waals surface area contributed by atoms with Gasteiger partial charge < -0.3 is 10.6 Å². The summed E-state index contributed by atoms with van der Waals surface area (Å²) in [4.78, 5) is 13.0. The summed E-state index contributed by atoms with van der Waals surface area (Å²) in [7, 11) is -1.93. The smallest absolute Gasteiger partial charge is 0.241 e. The van der Waals surface area contributed by atoms with Gasteiger partial charge in [-0.05, 0) is 50.9 Å². The van der Waals surface area contributed by atoms with Crippen LogP contribution in [0.2, 0.25) is 0 Å². The molecule has 0 radical (unpaired) electrons. The minimum absolute atomic E-state index is 0. The van der Waals surface area contributed by atoms with Crippen molar-refractivity contribution in [1.82, 2.24) is 10.6 Å². The number of sulfone groups is 1. The van der Waals surface area contributed by atoms with Crippen LogP contribution >= 0.6 is 12.4 Å². The molecule has 1 amide bonds. The first-order valence-corrected chi connectivity index (χ1v) is 9.58. The maximum absolute atomic E-state index is 13.3. The molecule has 0 aromatic heterocycles. The summed E-state index contributed by atoms with van der Waals surface area (Å²) in [5.74, 6) is -0.355. The van der Waals surface area contributed by atoms with E-state index in [2.05, 4.69) is 10.6 Å². The van der Waals surface area contributed by atoms with E-state index >= 15 is 0 Å². The topological polar surface area (TPSA) is 75.3 Å². The van der Waals surface area contributed by atoms with E-state index in [0.717, 1.165) is 18.4 Å². The van der Waals surface area contributed by atoms with Crippen molar-refractivity contribution in [1.29, 1.82) is 0 Å². The van der Waals surface area contributed by atoms with Crippen LogP contribution in [-0.4, -0.2) is 39.2 Å². The minimum Gasteiger partial charge on any atom is -0.353 e. The highest BCUT2D eigenvalue weighted by atomic mass is 35.5. The standard InChI is InChI=1S/C17H26N2O3S.ClH/c1-13-6-7-14(2)15(12-13)23(21,22)17(8-4-5-9-17)16(20)19-11-10-18-3;/h6-7,12,18H,4-5,8-11H2,1-3H3,(H,19,20);1H. The second-order valence-electron chi connectivity index (χ2n) is 6.33. The second kappa shape index (κ2) is 8.32. The van der Waals surface area contributed by atoms with Crippen LogP contribution in [0, 0.1) is 13.8 Å². The molecule has 2 rings (SSSR count). The number of likely N-dealkylation sites (N-methyl/N-ethyl adjacent to an activating group) is 1. The molecule has 1 aromatic carbocycles. The molecule has 24 heavy (non-hydrogen) atoms. The second-order valence-corrected chi connectivity index (χ2v) is 8.56. The van der Waals surface area contributed by atoms with Crippen LogP contribution in [0.5, 0.6) is 0 Å². The SMILES string of the molecule is CNCCNC(=O)C1(S(=O)(=O)c2cc(C)ccc2C)CCCC1.Cl. The third-order valence-electron chi connectivity index (χ3n) is 4.63. The molecule has 0 saturated heterocycles. The van der Waals surface area contributed by atoms with Gasteiger partial charge in [0.05, 0.1) is 4.90 Å². The molecule has 1 aliphatic carbocycles. The van der Waals surface area contributed by atoms with Gasteiger partial charge in [0.1, 0.15) is 0 Å². The maximum atomic E-state index is 13.3. The zero-order valence-electron chi connectivity index (χ0n) is 14.5. The Bertz CT molecular complexity index is 683. The van der Waals surface area contributed by atoms with Gasteiger partial charge in [0, 0.05) is 13.1 Å². The first-order chi connectivity index (χ1) is 10.8. The third-order valence-corrected chi connectivity index (χ3v) is 7.27. The van der Waals surface area contributed by atoms with Crippen LogP contribution in [0.3, 0.4) is 0 Å². The highest BCUT2D eigenvalue weighted by molar-refractivity contribution is 7.93. The molecule has 2 N–H and O–H groups in total. The summed E-state index contributed by atoms with van der Waals surface area (Å²) in [6.45, 7) is 4.70. The van der Waals surface area contributed by atoms with Crippen LogP contribution in [0.1, 0.15) is 36.8 Å². The van der Waals surface area contributed by atoms with E-state index in [1.165, 1.54) is 0 Å². The fraction of sp³-hybridized carbons (Fsp3) is 0.588. The van der Waals surface area contributed by atoms with Gasteiger partial charge in [-0.25, -0.2) is 8.42 Å². The first kappa shape index (κ1) is 20.9. The van der Waals surface area contributed by atoms with Gasteiger partial charge in [0.2, 0.25) is 5.91 Å². The number of hydrogen-bond acceptors (Lipinski definition) is 4. The number of aryl methyl sites for hydroxylation is 2. The fourth-order valence-electron chi connectivity index (χ4n) is 3.23. The lowest BCUT2D eigenvalue weighted by Gasteiger charge is -2.28. The van der Waals surface area contributed by atoms with E-state index in [-0.39, 0.29) is 18.3 Å². The molecule has 1 fully saturated rings. The lowest BCUT2D eigenvalue weighted by atomic mass is 10.1. The van der Waals surface area contributed by atoms with Crippen molar-refractivity contribution in [2.45, 2.75) is 49.2 Å². The van der Waals surface area contributed by atoms with Crippen molar-refractivity contribution in [2.24, 2.45) is 0 Å². The lowest BCUT2D eigenvalue weighted by molar-refractivity contribution is -0.123. The van der Waals surface area contributed by atoms with E-state index in [9.17, 15) is 13.2 Å². The van der Waals surface area contributed by atoms with E-state index in [1.807, 2.05) is 19.1 Å². The van der Waals surface area contributed by atoms with Crippen LogP contribution in [0.15, 0.2) is 23.1 Å². The summed E-state index contributed by atoms with van der Waals surface area (Å²) < 4.78 is 25.3. The van der Waals surface area contributed by atoms with E-state index in [4.69, 9.17) is 0 Å². The highest BCUT2D eigenvalue weighted by Crippen LogP contribution is 2.41. The molecule has 0 aliphatic heterocycles. The zero-order chi connectivity index (χ0) is 17.1. The number of carbonyl (C=O) groups is 1. The van der Waals surface area contributed by atoms with Crippen molar-refractivity contribution in [3.05, 3.63) is 29.3 Å². The fourth-order valence-corrected chi connectivity index (χ4v) is 5.63. The molecule has 1 aromatic rings. The van der Waals surface area contributed by atoms with Gasteiger partial charge >= 0.3 is 0 Å². The van der Waals surface area contributed by atoms with Gasteiger partial charge in [-0.15, -0.1) is 12.4 Å². The molecule has 7 heteroatoms. The summed E-state index contributed by atoms with van der Waals surface area (Å²) in [5.41, 5.74) is 1.59. The monoisotopic (exact) mass is 374 g/mol. The van der Waals surface area contributed by atoms with Gasteiger partial charge in [-0.3, -0.25) is 4.79 Å². The lowest BCUT2D eigenvalue weighted by Crippen LogP contribution is -2.51. The number of halogens is 1. The summed E-state index contributed by atoms with van der Waals surface area (Å²) >= 11 is 0. The van der Waals surface area contributed by atoms with Crippen molar-refractivity contribution >= 4 is 28.2 Å². The molecule has 5 nitrogen and oxygen atoms in total. The van der Waals surface area contributed by atoms with Crippen LogP contribution < -0.4 is 10.6 Å². The van der Waals surface area contributed by atoms with Crippen molar-refractivity contribution in [3.63, 3.8) is 0 Å². The van der Waals surface area contributed by atoms with Crippen LogP contribution in [-0.2, 0) is 14.6 Å². The highest BCUT2D eigenvalue weighted by Gasteiger charge is 2.53. The quantitative estimate of drug-likeness (QED) is 0.748. The third kappa shape index (κ3) is 3.76. The molecular formula is C17H27ClN2O3S. The Morgan fingerprint density at radius 1 is 1.17 bits per heavy atom. The maximum Gasteiger partial charge on any atom is 0.241 e. The van der Waals surface area contributed by atoms with Gasteiger partial charge in [-0.1, -0.05) is 25.0 Å². The van der Waals surface area contributed by atoms with Crippen LogP contribution in [0.4, 0.5) is 0 Å². The van der Waals surface area contributed by atoms with E-state index in [1.54, 1.807) is 20.0 Å². The number of amides is 1. The van der Waals surface area contributed by atoms with Gasteiger partial charge in [-0.2, -0.15) is 0 Å². The van der Waals surface area contributed by atoms with Gasteiger partial charge in [0.25, 0.3) is 0 Å². The average Bonchev–Trinajstić information content (AvgIpc) is 3.01. The van der Waals surface area contributed by atoms with Crippen molar-refractivity contribution < 1.29 is 13.2 Å². The molecule has 0 heterocycles. The van der Waals surface area contributed by atoms with Crippen LogP contribution in [0.25, 0.3) is 0 Å². The Balaban J connectivity index is 0.00000288. The zero-order valence-corrected chi connectivity index (χ0v) is 16.1. The molecule has 0 spiro atoms. The predicted molar refractivity (Wildman–Crippen MR) is 98.5 cm³/mol. The van der Waals surface area contributed by atoms with Crippen molar-refractivity contribution in [3.8, 4) is 0 Å². The molecule has 1 aliphatic rings. The summed E-state index contributed by atoms with van der Waals surface area (Å²) in [5, 5.41) is 5.74. The number of carbonyl (C=O) groups excluding carboxylic acids is 1. The normalized spacial score (nSPS) is 16.5. The molecular weight excluding hydrogens is 348 g/mol. The molecule has 0 unspecified atom stereocenters. The van der Waals surface area contributed by atoms with E-state index in [0.29, 0.717) is 36.4 Å². The summed E-state index contributed by atoms with van der Waals surface area (Å²) in [6.07, 6.45) is 2.33. The molecule has 136 valence electrons. The Kier molecular flexibility index (Phi) is 7.25. The number of hydrogen-bond donors (Lipinski definition) is 2. The molecule has 0 bridgehead atoms. The Morgan fingerprint density at radius 2 is 1.79 bits per heavy atom. The Hall–Kier alpha value is -1.11.